The van der Waals surface area contributed by atoms with Gasteiger partial charge in [-0.2, -0.15) is 0 Å². The Balaban J connectivity index is 1.61. The van der Waals surface area contributed by atoms with Crippen LogP contribution in [0.15, 0.2) is 91.3 Å². The summed E-state index contributed by atoms with van der Waals surface area (Å²) in [5.74, 6) is -5.16. The van der Waals surface area contributed by atoms with Crippen molar-refractivity contribution in [3.63, 3.8) is 0 Å². The highest BCUT2D eigenvalue weighted by molar-refractivity contribution is 5.90. The van der Waals surface area contributed by atoms with Gasteiger partial charge in [-0.05, 0) is 69.5 Å². The maximum atomic E-state index is 14.2. The number of aliphatic hydroxyl groups is 1. The molecular formula is C41H43NO12. The number of nitrogens with zero attached hydrogens (tertiary/aromatic N) is 1. The number of ether oxygens (including phenoxy) is 6. The molecule has 3 aromatic rings. The van der Waals surface area contributed by atoms with Gasteiger partial charge in [-0.1, -0.05) is 48.5 Å². The Morgan fingerprint density at radius 3 is 2.09 bits per heavy atom. The first-order chi connectivity index (χ1) is 25.6. The number of pyridine rings is 1. The molecule has 0 unspecified atom stereocenters. The summed E-state index contributed by atoms with van der Waals surface area (Å²) in [4.78, 5) is 71.8. The molecule has 54 heavy (non-hydrogen) atoms. The number of rotatable bonds is 10. The Morgan fingerprint density at radius 2 is 1.46 bits per heavy atom. The summed E-state index contributed by atoms with van der Waals surface area (Å²) in [6, 6.07) is 20.1. The highest BCUT2D eigenvalue weighted by Gasteiger charge is 2.87. The summed E-state index contributed by atoms with van der Waals surface area (Å²) in [5, 5.41) is 12.6. The molecule has 2 heterocycles. The second kappa shape index (κ2) is 14.8. The number of aromatic nitrogens is 1. The van der Waals surface area contributed by atoms with Crippen molar-refractivity contribution in [3.8, 4) is 0 Å². The monoisotopic (exact) mass is 741 g/mol. The SMILES string of the molecule is CC(=O)OC[C@]12[C@H](OC(=O)c3ccccc3)[C@@H](OC(=O)c3cccnc3)[C@H]3[C@@H](OC(C)=O)[C@@]1(OC3(C)C)[C@](C)(O)CC[C@H]2OC(=O)/C=C/c1ccccc1. The van der Waals surface area contributed by atoms with E-state index in [9.17, 15) is 29.1 Å². The van der Waals surface area contributed by atoms with Crippen LogP contribution in [-0.2, 0) is 42.8 Å². The largest absolute Gasteiger partial charge is 0.465 e. The number of fused-ring (bicyclic) bond motifs is 1. The molecule has 13 nitrogen and oxygen atoms in total. The van der Waals surface area contributed by atoms with E-state index in [1.165, 1.54) is 50.5 Å². The summed E-state index contributed by atoms with van der Waals surface area (Å²) in [7, 11) is 0. The van der Waals surface area contributed by atoms with Crippen LogP contribution in [0.25, 0.3) is 6.08 Å². The fourth-order valence-electron chi connectivity index (χ4n) is 8.63. The third-order valence-corrected chi connectivity index (χ3v) is 10.7. The Labute approximate surface area is 312 Å². The average Bonchev–Trinajstić information content (AvgIpc) is 3.34. The van der Waals surface area contributed by atoms with E-state index >= 15 is 0 Å². The van der Waals surface area contributed by atoms with Crippen molar-refractivity contribution in [2.24, 2.45) is 11.3 Å². The first-order valence-corrected chi connectivity index (χ1v) is 17.7. The molecule has 2 aromatic carbocycles. The number of carbonyl (C=O) groups is 5. The average molecular weight is 742 g/mol. The zero-order valence-electron chi connectivity index (χ0n) is 30.6. The molecule has 2 aliphatic carbocycles. The number of carbonyl (C=O) groups excluding carboxylic acids is 5. The Bertz CT molecular complexity index is 1910. The first kappa shape index (κ1) is 38.3. The molecule has 6 rings (SSSR count). The van der Waals surface area contributed by atoms with Gasteiger partial charge in [0.2, 0.25) is 0 Å². The van der Waals surface area contributed by atoms with Crippen molar-refractivity contribution in [1.29, 1.82) is 0 Å². The van der Waals surface area contributed by atoms with Crippen LogP contribution in [0.3, 0.4) is 0 Å². The van der Waals surface area contributed by atoms with Gasteiger partial charge in [0.1, 0.15) is 30.3 Å². The van der Waals surface area contributed by atoms with Crippen LogP contribution in [0, 0.1) is 11.3 Å². The van der Waals surface area contributed by atoms with Gasteiger partial charge in [0, 0.05) is 32.3 Å². The van der Waals surface area contributed by atoms with Crippen LogP contribution in [-0.4, -0.2) is 87.8 Å². The summed E-state index contributed by atoms with van der Waals surface area (Å²) >= 11 is 0. The zero-order chi connectivity index (χ0) is 38.9. The summed E-state index contributed by atoms with van der Waals surface area (Å²) in [6.45, 7) is 6.47. The molecular weight excluding hydrogens is 698 g/mol. The quantitative estimate of drug-likeness (QED) is 0.173. The predicted octanol–water partition coefficient (Wildman–Crippen LogP) is 4.66. The van der Waals surface area contributed by atoms with Gasteiger partial charge in [-0.3, -0.25) is 14.6 Å². The summed E-state index contributed by atoms with van der Waals surface area (Å²) in [5.41, 5.74) is -6.59. The molecule has 2 saturated carbocycles. The molecule has 0 radical (unpaired) electrons. The van der Waals surface area contributed by atoms with Crippen LogP contribution in [0.2, 0.25) is 0 Å². The molecule has 1 saturated heterocycles. The second-order valence-corrected chi connectivity index (χ2v) is 14.6. The third kappa shape index (κ3) is 6.77. The number of hydrogen-bond acceptors (Lipinski definition) is 13. The van der Waals surface area contributed by atoms with Gasteiger partial charge in [-0.15, -0.1) is 0 Å². The van der Waals surface area contributed by atoms with E-state index in [1.807, 2.05) is 6.07 Å². The molecule has 1 aromatic heterocycles. The molecule has 284 valence electrons. The molecule has 3 aliphatic rings. The summed E-state index contributed by atoms with van der Waals surface area (Å²) < 4.78 is 37.8. The molecule has 2 bridgehead atoms. The highest BCUT2D eigenvalue weighted by Crippen LogP contribution is 2.69. The van der Waals surface area contributed by atoms with E-state index in [0.29, 0.717) is 5.56 Å². The molecule has 1 aliphatic heterocycles. The molecule has 13 heteroatoms. The summed E-state index contributed by atoms with van der Waals surface area (Å²) in [6.07, 6.45) is -0.518. The third-order valence-electron chi connectivity index (χ3n) is 10.7. The second-order valence-electron chi connectivity index (χ2n) is 14.6. The number of benzene rings is 2. The van der Waals surface area contributed by atoms with Crippen molar-refractivity contribution in [1.82, 2.24) is 4.98 Å². The molecule has 1 spiro atoms. The van der Waals surface area contributed by atoms with Crippen LogP contribution < -0.4 is 0 Å². The van der Waals surface area contributed by atoms with Crippen molar-refractivity contribution >= 4 is 35.9 Å². The molecule has 0 amide bonds. The van der Waals surface area contributed by atoms with Gasteiger partial charge in [-0.25, -0.2) is 14.4 Å². The topological polar surface area (TPSA) is 174 Å². The van der Waals surface area contributed by atoms with Gasteiger partial charge in [0.15, 0.2) is 11.7 Å². The normalized spacial score (nSPS) is 30.7. The fourth-order valence-corrected chi connectivity index (χ4v) is 8.63. The standard InChI is InChI=1S/C41H43NO12/c1-25(43)49-24-40-30(51-31(45)19-18-27-13-8-6-9-14-27)20-21-39(5,48)41(40)34(50-26(2)44)32(38(3,4)54-41)33(52-37(47)29-17-12-22-42-23-29)35(40)53-36(46)28-15-10-7-11-16-28/h6-19,22-23,30,32-35,48H,20-21,24H2,1-5H3/b19-18+/t30-,32+,33+,34-,35-,39-,40+,41-/m1/s1. The minimum Gasteiger partial charge on any atom is -0.465 e. The van der Waals surface area contributed by atoms with Gasteiger partial charge in [0.25, 0.3) is 0 Å². The van der Waals surface area contributed by atoms with Crippen LogP contribution in [0.1, 0.15) is 73.7 Å². The van der Waals surface area contributed by atoms with E-state index in [4.69, 9.17) is 28.4 Å². The molecule has 8 atom stereocenters. The smallest absolute Gasteiger partial charge is 0.340 e. The van der Waals surface area contributed by atoms with Crippen molar-refractivity contribution in [3.05, 3.63) is 108 Å². The zero-order valence-corrected chi connectivity index (χ0v) is 30.6. The lowest BCUT2D eigenvalue weighted by Gasteiger charge is -2.65. The Morgan fingerprint density at radius 1 is 0.815 bits per heavy atom. The van der Waals surface area contributed by atoms with Crippen LogP contribution in [0.4, 0.5) is 0 Å². The lowest BCUT2D eigenvalue weighted by molar-refractivity contribution is -0.348. The lowest BCUT2D eigenvalue weighted by Crippen LogP contribution is -2.83. The minimum atomic E-state index is -2.10. The van der Waals surface area contributed by atoms with E-state index in [2.05, 4.69) is 4.98 Å². The van der Waals surface area contributed by atoms with Crippen LogP contribution in [0.5, 0.6) is 0 Å². The maximum Gasteiger partial charge on any atom is 0.340 e. The lowest BCUT2D eigenvalue weighted by atomic mass is 9.46. The van der Waals surface area contributed by atoms with E-state index in [0.717, 1.165) is 6.92 Å². The molecule has 3 fully saturated rings. The minimum absolute atomic E-state index is 0.0573. The van der Waals surface area contributed by atoms with E-state index in [1.54, 1.807) is 68.5 Å². The Kier molecular flexibility index (Phi) is 10.5. The number of hydrogen-bond donors (Lipinski definition) is 1. The van der Waals surface area contributed by atoms with Crippen molar-refractivity contribution in [2.45, 2.75) is 88.7 Å². The maximum absolute atomic E-state index is 14.2. The van der Waals surface area contributed by atoms with Gasteiger partial charge >= 0.3 is 29.8 Å². The highest BCUT2D eigenvalue weighted by atomic mass is 16.6. The molecule has 1 N–H and O–H groups in total. The first-order valence-electron chi connectivity index (χ1n) is 17.7. The van der Waals surface area contributed by atoms with Crippen molar-refractivity contribution in [2.75, 3.05) is 6.61 Å². The number of esters is 5. The van der Waals surface area contributed by atoms with Crippen molar-refractivity contribution < 1.29 is 57.5 Å². The Hall–Kier alpha value is -5.40. The van der Waals surface area contributed by atoms with Gasteiger partial charge < -0.3 is 33.5 Å². The van der Waals surface area contributed by atoms with E-state index < -0.39 is 89.0 Å². The predicted molar refractivity (Wildman–Crippen MR) is 190 cm³/mol. The van der Waals surface area contributed by atoms with Gasteiger partial charge in [0.05, 0.1) is 28.2 Å². The van der Waals surface area contributed by atoms with E-state index in [-0.39, 0.29) is 24.0 Å². The van der Waals surface area contributed by atoms with Crippen LogP contribution >= 0.6 is 0 Å². The fraction of sp³-hybridized carbons (Fsp3) is 0.415.